The average Bonchev–Trinajstić information content (AvgIpc) is 3.05. The molecule has 0 unspecified atom stereocenters. The standard InChI is InChI=1S/C21H17NOS2.C15H13NS/c1-4-10-18(11-5-1)22-21(23-19-12-6-2-7-13-19)16-17-24-25-20-14-8-3-9-15-20;17-15(16-14-9-5-2-6-10-14)12-11-13-7-3-1-4-8-13/h1-17H;1-12H,(H,16,17)/b17-16+,22-21?;12-11-. The number of ether oxygens (including phenoxy) is 1. The number of aliphatic imine (C=N–C) groups is 1. The Labute approximate surface area is 261 Å². The molecule has 6 heteroatoms. The molecular weight excluding hydrogens is 573 g/mol. The van der Waals surface area contributed by atoms with E-state index in [9.17, 15) is 0 Å². The molecule has 1 N–H and O–H groups in total. The predicted octanol–water partition coefficient (Wildman–Crippen LogP) is 10.9. The van der Waals surface area contributed by atoms with Crippen molar-refractivity contribution in [2.24, 2.45) is 4.99 Å². The van der Waals surface area contributed by atoms with Gasteiger partial charge >= 0.3 is 0 Å². The van der Waals surface area contributed by atoms with E-state index in [2.05, 4.69) is 22.4 Å². The second kappa shape index (κ2) is 18.1. The van der Waals surface area contributed by atoms with Gasteiger partial charge in [0.05, 0.1) is 5.69 Å². The molecule has 0 atom stereocenters. The molecule has 3 nitrogen and oxygen atoms in total. The van der Waals surface area contributed by atoms with E-state index in [1.54, 1.807) is 21.6 Å². The highest BCUT2D eigenvalue weighted by molar-refractivity contribution is 8.77. The lowest BCUT2D eigenvalue weighted by Crippen LogP contribution is -2.04. The minimum Gasteiger partial charge on any atom is -0.439 e. The first-order valence-electron chi connectivity index (χ1n) is 13.3. The fourth-order valence-corrected chi connectivity index (χ4v) is 5.21. The molecule has 0 aromatic heterocycles. The summed E-state index contributed by atoms with van der Waals surface area (Å²) < 4.78 is 5.91. The zero-order chi connectivity index (χ0) is 29.1. The number of hydrogen-bond donors (Lipinski definition) is 1. The summed E-state index contributed by atoms with van der Waals surface area (Å²) in [5.74, 6) is 1.32. The normalized spacial score (nSPS) is 11.1. The van der Waals surface area contributed by atoms with Crippen LogP contribution in [-0.2, 0) is 0 Å². The van der Waals surface area contributed by atoms with Crippen LogP contribution in [0.5, 0.6) is 5.75 Å². The van der Waals surface area contributed by atoms with E-state index in [1.165, 1.54) is 4.90 Å². The molecule has 0 radical (unpaired) electrons. The van der Waals surface area contributed by atoms with Crippen LogP contribution in [0.3, 0.4) is 0 Å². The fourth-order valence-electron chi connectivity index (χ4n) is 3.42. The van der Waals surface area contributed by atoms with Gasteiger partial charge in [-0.3, -0.25) is 0 Å². The number of anilines is 1. The van der Waals surface area contributed by atoms with Crippen LogP contribution in [0.15, 0.2) is 179 Å². The van der Waals surface area contributed by atoms with Crippen molar-refractivity contribution in [1.29, 1.82) is 0 Å². The molecule has 0 fully saturated rings. The number of para-hydroxylation sites is 3. The molecule has 0 aliphatic carbocycles. The Hall–Kier alpha value is -4.36. The smallest absolute Gasteiger partial charge is 0.220 e. The molecule has 0 aliphatic rings. The molecule has 0 amide bonds. The van der Waals surface area contributed by atoms with Crippen LogP contribution in [0.4, 0.5) is 11.4 Å². The molecule has 0 saturated heterocycles. The Morgan fingerprint density at radius 2 is 1.19 bits per heavy atom. The van der Waals surface area contributed by atoms with Crippen molar-refractivity contribution in [3.8, 4) is 5.75 Å². The summed E-state index contributed by atoms with van der Waals surface area (Å²) in [5, 5.41) is 5.15. The number of rotatable bonds is 9. The van der Waals surface area contributed by atoms with Crippen LogP contribution in [0.1, 0.15) is 5.56 Å². The van der Waals surface area contributed by atoms with E-state index in [-0.39, 0.29) is 0 Å². The topological polar surface area (TPSA) is 33.6 Å². The maximum atomic E-state index is 5.91. The lowest BCUT2D eigenvalue weighted by Gasteiger charge is -2.05. The van der Waals surface area contributed by atoms with Crippen LogP contribution >= 0.6 is 33.8 Å². The molecule has 42 heavy (non-hydrogen) atoms. The zero-order valence-corrected chi connectivity index (χ0v) is 25.3. The largest absolute Gasteiger partial charge is 0.439 e. The van der Waals surface area contributed by atoms with Crippen molar-refractivity contribution in [2.45, 2.75) is 4.90 Å². The molecule has 0 heterocycles. The SMILES string of the molecule is C(=C\C(=Nc1ccccc1)Oc1ccccc1)/SSc1ccccc1.S=C(/C=C\c1ccccc1)Nc1ccccc1. The third-order valence-corrected chi connectivity index (χ3v) is 7.63. The summed E-state index contributed by atoms with van der Waals surface area (Å²) in [6, 6.07) is 49.8. The van der Waals surface area contributed by atoms with E-state index >= 15 is 0 Å². The molecule has 5 aromatic rings. The quantitative estimate of drug-likeness (QED) is 0.0597. The van der Waals surface area contributed by atoms with Crippen molar-refractivity contribution in [3.63, 3.8) is 0 Å². The first-order valence-corrected chi connectivity index (χ1v) is 15.9. The van der Waals surface area contributed by atoms with E-state index < -0.39 is 0 Å². The van der Waals surface area contributed by atoms with Gasteiger partial charge in [0.25, 0.3) is 0 Å². The summed E-state index contributed by atoms with van der Waals surface area (Å²) in [6.07, 6.45) is 5.79. The van der Waals surface area contributed by atoms with Gasteiger partial charge in [-0.05, 0) is 65.6 Å². The molecule has 5 aromatic carbocycles. The van der Waals surface area contributed by atoms with Gasteiger partial charge < -0.3 is 10.1 Å². The van der Waals surface area contributed by atoms with Crippen LogP contribution < -0.4 is 10.1 Å². The summed E-state index contributed by atoms with van der Waals surface area (Å²) in [7, 11) is 3.33. The predicted molar refractivity (Wildman–Crippen MR) is 188 cm³/mol. The molecule has 5 rings (SSSR count). The second-order valence-corrected chi connectivity index (χ2v) is 11.2. The Balaban J connectivity index is 0.000000208. The highest BCUT2D eigenvalue weighted by Gasteiger charge is 2.00. The fraction of sp³-hybridized carbons (Fsp3) is 0. The lowest BCUT2D eigenvalue weighted by atomic mass is 10.2. The Kier molecular flexibility index (Phi) is 13.2. The molecule has 208 valence electrons. The van der Waals surface area contributed by atoms with Crippen molar-refractivity contribution >= 4 is 62.1 Å². The highest BCUT2D eigenvalue weighted by Crippen LogP contribution is 2.31. The summed E-state index contributed by atoms with van der Waals surface area (Å²) >= 11 is 5.24. The Morgan fingerprint density at radius 3 is 1.83 bits per heavy atom. The number of nitrogens with zero attached hydrogens (tertiary/aromatic N) is 1. The number of benzene rings is 5. The van der Waals surface area contributed by atoms with Crippen LogP contribution in [0.25, 0.3) is 6.08 Å². The lowest BCUT2D eigenvalue weighted by molar-refractivity contribution is 0.556. The monoisotopic (exact) mass is 602 g/mol. The third-order valence-electron chi connectivity index (χ3n) is 5.38. The van der Waals surface area contributed by atoms with E-state index in [0.717, 1.165) is 22.7 Å². The summed E-state index contributed by atoms with van der Waals surface area (Å²) in [6.45, 7) is 0. The second-order valence-electron chi connectivity index (χ2n) is 8.60. The summed E-state index contributed by atoms with van der Waals surface area (Å²) in [5.41, 5.74) is 3.01. The maximum absolute atomic E-state index is 5.91. The van der Waals surface area contributed by atoms with Gasteiger partial charge in [0, 0.05) is 16.7 Å². The van der Waals surface area contributed by atoms with Crippen LogP contribution in [0, 0.1) is 0 Å². The molecule has 0 saturated carbocycles. The Bertz CT molecular complexity index is 1560. The number of thiocarbonyl (C=S) groups is 1. The van der Waals surface area contributed by atoms with Crippen molar-refractivity contribution in [2.75, 3.05) is 5.32 Å². The summed E-state index contributed by atoms with van der Waals surface area (Å²) in [4.78, 5) is 6.50. The first-order chi connectivity index (χ1) is 20.7. The number of nitrogens with one attached hydrogen (secondary N) is 1. The number of hydrogen-bond acceptors (Lipinski definition) is 5. The molecule has 0 spiro atoms. The Morgan fingerprint density at radius 1 is 0.643 bits per heavy atom. The van der Waals surface area contributed by atoms with Crippen molar-refractivity contribution in [1.82, 2.24) is 0 Å². The van der Waals surface area contributed by atoms with E-state index in [4.69, 9.17) is 17.0 Å². The van der Waals surface area contributed by atoms with E-state index in [0.29, 0.717) is 10.9 Å². The third kappa shape index (κ3) is 12.0. The van der Waals surface area contributed by atoms with Gasteiger partial charge in [0.2, 0.25) is 5.90 Å². The van der Waals surface area contributed by atoms with Crippen molar-refractivity contribution in [3.05, 3.63) is 175 Å². The van der Waals surface area contributed by atoms with Gasteiger partial charge in [-0.25, -0.2) is 4.99 Å². The van der Waals surface area contributed by atoms with Gasteiger partial charge in [-0.1, -0.05) is 143 Å². The molecule has 0 aliphatic heterocycles. The average molecular weight is 603 g/mol. The van der Waals surface area contributed by atoms with Crippen LogP contribution in [-0.4, -0.2) is 10.9 Å². The van der Waals surface area contributed by atoms with Gasteiger partial charge in [0.1, 0.15) is 10.7 Å². The van der Waals surface area contributed by atoms with Gasteiger partial charge in [-0.15, -0.1) is 0 Å². The maximum Gasteiger partial charge on any atom is 0.220 e. The molecular formula is C36H30N2OS3. The minimum absolute atomic E-state index is 0.554. The van der Waals surface area contributed by atoms with Crippen LogP contribution in [0.2, 0.25) is 0 Å². The molecule has 0 bridgehead atoms. The highest BCUT2D eigenvalue weighted by atomic mass is 33.1. The van der Waals surface area contributed by atoms with Gasteiger partial charge in [-0.2, -0.15) is 0 Å². The first kappa shape index (κ1) is 30.6. The minimum atomic E-state index is 0.554. The zero-order valence-electron chi connectivity index (χ0n) is 22.8. The van der Waals surface area contributed by atoms with E-state index in [1.807, 2.05) is 163 Å². The van der Waals surface area contributed by atoms with Crippen molar-refractivity contribution < 1.29 is 4.74 Å². The van der Waals surface area contributed by atoms with Gasteiger partial charge in [0.15, 0.2) is 0 Å².